The summed E-state index contributed by atoms with van der Waals surface area (Å²) < 4.78 is 5.27. The van der Waals surface area contributed by atoms with Gasteiger partial charge < -0.3 is 9.64 Å². The first kappa shape index (κ1) is 13.7. The van der Waals surface area contributed by atoms with Crippen LogP contribution in [-0.4, -0.2) is 18.6 Å². The van der Waals surface area contributed by atoms with Crippen LogP contribution in [0.5, 0.6) is 5.75 Å². The van der Waals surface area contributed by atoms with Gasteiger partial charge in [0, 0.05) is 12.0 Å². The van der Waals surface area contributed by atoms with Crippen molar-refractivity contribution in [2.45, 2.75) is 39.7 Å². The highest BCUT2D eigenvalue weighted by atomic mass is 16.5. The van der Waals surface area contributed by atoms with E-state index in [1.807, 2.05) is 30.0 Å². The third kappa shape index (κ3) is 2.25. The van der Waals surface area contributed by atoms with Crippen molar-refractivity contribution < 1.29 is 9.53 Å². The lowest BCUT2D eigenvalue weighted by Gasteiger charge is -2.41. The largest absolute Gasteiger partial charge is 0.497 e. The number of carbonyl (C=O) groups excluding carboxylic acids is 1. The Labute approximate surface area is 114 Å². The molecule has 3 heteroatoms. The molecule has 1 aromatic carbocycles. The third-order valence-electron chi connectivity index (χ3n) is 3.57. The van der Waals surface area contributed by atoms with Crippen molar-refractivity contribution in [3.05, 3.63) is 29.8 Å². The predicted molar refractivity (Wildman–Crippen MR) is 78.5 cm³/mol. The monoisotopic (exact) mass is 259 g/mol. The zero-order valence-electron chi connectivity index (χ0n) is 12.3. The van der Waals surface area contributed by atoms with Crippen LogP contribution in [-0.2, 0) is 4.79 Å². The maximum absolute atomic E-state index is 12.3. The second-order valence-corrected chi connectivity index (χ2v) is 5.45. The fourth-order valence-electron chi connectivity index (χ4n) is 2.75. The Morgan fingerprint density at radius 3 is 2.63 bits per heavy atom. The number of methoxy groups -OCH3 is 1. The summed E-state index contributed by atoms with van der Waals surface area (Å²) in [5, 5.41) is 0. The van der Waals surface area contributed by atoms with Crippen molar-refractivity contribution in [1.82, 2.24) is 0 Å². The Morgan fingerprint density at radius 1 is 1.37 bits per heavy atom. The molecule has 0 spiro atoms. The zero-order valence-corrected chi connectivity index (χ0v) is 12.3. The van der Waals surface area contributed by atoms with E-state index in [9.17, 15) is 4.79 Å². The van der Waals surface area contributed by atoms with Gasteiger partial charge in [-0.15, -0.1) is 0 Å². The van der Waals surface area contributed by atoms with Gasteiger partial charge in [-0.05, 0) is 44.5 Å². The predicted octanol–water partition coefficient (Wildman–Crippen LogP) is 3.63. The molecule has 0 N–H and O–H groups in total. The summed E-state index contributed by atoms with van der Waals surface area (Å²) in [7, 11) is 1.66. The molecule has 1 amide bonds. The fourth-order valence-corrected chi connectivity index (χ4v) is 2.75. The number of amides is 1. The van der Waals surface area contributed by atoms with E-state index in [0.717, 1.165) is 17.0 Å². The molecule has 0 radical (unpaired) electrons. The van der Waals surface area contributed by atoms with Gasteiger partial charge in [0.05, 0.1) is 18.3 Å². The molecule has 0 saturated heterocycles. The first-order valence-corrected chi connectivity index (χ1v) is 6.61. The lowest BCUT2D eigenvalue weighted by molar-refractivity contribution is -0.119. The van der Waals surface area contributed by atoms with Crippen LogP contribution in [0.4, 0.5) is 5.69 Å². The highest BCUT2D eigenvalue weighted by Crippen LogP contribution is 2.40. The molecule has 0 atom stereocenters. The van der Waals surface area contributed by atoms with E-state index in [4.69, 9.17) is 4.74 Å². The van der Waals surface area contributed by atoms with Crippen LogP contribution < -0.4 is 9.64 Å². The molecule has 0 fully saturated rings. The number of hydrogen-bond acceptors (Lipinski definition) is 2. The number of ether oxygens (including phenoxy) is 1. The van der Waals surface area contributed by atoms with Gasteiger partial charge in [0.1, 0.15) is 5.75 Å². The summed E-state index contributed by atoms with van der Waals surface area (Å²) in [5.74, 6) is 0.954. The summed E-state index contributed by atoms with van der Waals surface area (Å²) in [6.45, 7) is 8.11. The highest BCUT2D eigenvalue weighted by Gasteiger charge is 2.34. The second kappa shape index (κ2) is 4.72. The van der Waals surface area contributed by atoms with Crippen LogP contribution in [0.15, 0.2) is 24.3 Å². The molecule has 3 nitrogen and oxygen atoms in total. The summed E-state index contributed by atoms with van der Waals surface area (Å²) in [6.07, 6.45) is 2.64. The van der Waals surface area contributed by atoms with Crippen LogP contribution in [0.25, 0.3) is 5.57 Å². The minimum Gasteiger partial charge on any atom is -0.497 e. The van der Waals surface area contributed by atoms with Crippen LogP contribution >= 0.6 is 0 Å². The molecule has 1 heterocycles. The molecule has 0 aromatic heterocycles. The molecule has 0 unspecified atom stereocenters. The maximum atomic E-state index is 12.3. The second-order valence-electron chi connectivity index (χ2n) is 5.45. The molecule has 2 rings (SSSR count). The minimum absolute atomic E-state index is 0.139. The summed E-state index contributed by atoms with van der Waals surface area (Å²) in [5.41, 5.74) is 2.93. The standard InChI is InChI=1S/C16H21NO2/c1-6-15(18)17-14-8-7-12(19-5)9-13(14)11(2)10-16(17,3)4/h7-10H,6H2,1-5H3. The number of rotatable bonds is 2. The first-order valence-electron chi connectivity index (χ1n) is 6.61. The van der Waals surface area contributed by atoms with Crippen molar-refractivity contribution in [1.29, 1.82) is 0 Å². The van der Waals surface area contributed by atoms with E-state index in [0.29, 0.717) is 6.42 Å². The SMILES string of the molecule is CCC(=O)N1c2ccc(OC)cc2C(C)=CC1(C)C. The smallest absolute Gasteiger partial charge is 0.227 e. The van der Waals surface area contributed by atoms with Gasteiger partial charge in [0.25, 0.3) is 0 Å². The number of anilines is 1. The molecule has 1 aliphatic heterocycles. The number of nitrogens with zero attached hydrogens (tertiary/aromatic N) is 1. The van der Waals surface area contributed by atoms with Gasteiger partial charge in [-0.2, -0.15) is 0 Å². The number of fused-ring (bicyclic) bond motifs is 1. The van der Waals surface area contributed by atoms with Gasteiger partial charge in [-0.25, -0.2) is 0 Å². The average molecular weight is 259 g/mol. The molecule has 19 heavy (non-hydrogen) atoms. The third-order valence-corrected chi connectivity index (χ3v) is 3.57. The Hall–Kier alpha value is -1.77. The van der Waals surface area contributed by atoms with Gasteiger partial charge >= 0.3 is 0 Å². The van der Waals surface area contributed by atoms with Crippen LogP contribution in [0, 0.1) is 0 Å². The first-order chi connectivity index (χ1) is 8.90. The van der Waals surface area contributed by atoms with Gasteiger partial charge in [0.15, 0.2) is 0 Å². The Balaban J connectivity index is 2.62. The fraction of sp³-hybridized carbons (Fsp3) is 0.438. The Bertz CT molecular complexity index is 544. The van der Waals surface area contributed by atoms with Crippen molar-refractivity contribution in [3.8, 4) is 5.75 Å². The lowest BCUT2D eigenvalue weighted by Crippen LogP contribution is -2.48. The number of carbonyl (C=O) groups is 1. The van der Waals surface area contributed by atoms with E-state index in [-0.39, 0.29) is 11.4 Å². The van der Waals surface area contributed by atoms with Gasteiger partial charge in [-0.3, -0.25) is 4.79 Å². The normalized spacial score (nSPS) is 16.7. The molecule has 102 valence electrons. The van der Waals surface area contributed by atoms with E-state index in [1.165, 1.54) is 5.57 Å². The maximum Gasteiger partial charge on any atom is 0.227 e. The van der Waals surface area contributed by atoms with Crippen LogP contribution in [0.2, 0.25) is 0 Å². The summed E-state index contributed by atoms with van der Waals surface area (Å²) in [6, 6.07) is 5.87. The van der Waals surface area contributed by atoms with Crippen LogP contribution in [0.3, 0.4) is 0 Å². The minimum atomic E-state index is -0.293. The molecule has 1 aromatic rings. The van der Waals surface area contributed by atoms with E-state index < -0.39 is 0 Å². The van der Waals surface area contributed by atoms with Crippen molar-refractivity contribution in [2.24, 2.45) is 0 Å². The van der Waals surface area contributed by atoms with Crippen molar-refractivity contribution in [3.63, 3.8) is 0 Å². The zero-order chi connectivity index (χ0) is 14.2. The molecule has 1 aliphatic rings. The van der Waals surface area contributed by atoms with E-state index in [1.54, 1.807) is 7.11 Å². The van der Waals surface area contributed by atoms with E-state index in [2.05, 4.69) is 26.8 Å². The van der Waals surface area contributed by atoms with Crippen molar-refractivity contribution in [2.75, 3.05) is 12.0 Å². The summed E-state index contributed by atoms with van der Waals surface area (Å²) in [4.78, 5) is 14.2. The summed E-state index contributed by atoms with van der Waals surface area (Å²) >= 11 is 0. The molecular formula is C16H21NO2. The quantitative estimate of drug-likeness (QED) is 0.811. The highest BCUT2D eigenvalue weighted by molar-refractivity contribution is 6.00. The van der Waals surface area contributed by atoms with Gasteiger partial charge in [-0.1, -0.05) is 13.0 Å². The molecule has 0 saturated carbocycles. The van der Waals surface area contributed by atoms with Crippen LogP contribution in [0.1, 0.15) is 39.7 Å². The van der Waals surface area contributed by atoms with Gasteiger partial charge in [0.2, 0.25) is 5.91 Å². The number of hydrogen-bond donors (Lipinski definition) is 0. The van der Waals surface area contributed by atoms with Crippen molar-refractivity contribution >= 4 is 17.2 Å². The Morgan fingerprint density at radius 2 is 2.05 bits per heavy atom. The molecule has 0 bridgehead atoms. The lowest BCUT2D eigenvalue weighted by atomic mass is 9.88. The molecular weight excluding hydrogens is 238 g/mol. The van der Waals surface area contributed by atoms with E-state index >= 15 is 0 Å². The topological polar surface area (TPSA) is 29.5 Å². The number of benzene rings is 1. The molecule has 0 aliphatic carbocycles. The average Bonchev–Trinajstić information content (AvgIpc) is 2.37. The Kier molecular flexibility index (Phi) is 3.40. The number of allylic oxidation sites excluding steroid dienone is 1.